The highest BCUT2D eigenvalue weighted by molar-refractivity contribution is 5.77. The lowest BCUT2D eigenvalue weighted by Gasteiger charge is -2.37. The fourth-order valence-electron chi connectivity index (χ4n) is 2.58. The molecule has 92 valence electrons. The van der Waals surface area contributed by atoms with Crippen LogP contribution in [0.4, 0.5) is 0 Å². The molecular formula is C12H22N2O2. The maximum atomic E-state index is 12.1. The van der Waals surface area contributed by atoms with Gasteiger partial charge in [-0.15, -0.1) is 0 Å². The summed E-state index contributed by atoms with van der Waals surface area (Å²) in [6, 6.07) is 0.773. The van der Waals surface area contributed by atoms with E-state index < -0.39 is 0 Å². The third-order valence-corrected chi connectivity index (χ3v) is 3.76. The molecule has 4 heteroatoms. The van der Waals surface area contributed by atoms with Gasteiger partial charge in [0.05, 0.1) is 6.61 Å². The van der Waals surface area contributed by atoms with E-state index in [1.54, 1.807) is 0 Å². The lowest BCUT2D eigenvalue weighted by Crippen LogP contribution is -2.47. The van der Waals surface area contributed by atoms with E-state index >= 15 is 0 Å². The SMILES string of the molecule is O=C(CC1CCCN1)N(CCO)C1CCC1. The molecule has 1 aliphatic carbocycles. The van der Waals surface area contributed by atoms with Gasteiger partial charge in [0.2, 0.25) is 5.91 Å². The summed E-state index contributed by atoms with van der Waals surface area (Å²) in [6.07, 6.45) is 6.36. The Kier molecular flexibility index (Phi) is 4.18. The number of aliphatic hydroxyl groups is 1. The van der Waals surface area contributed by atoms with Crippen LogP contribution in [0.1, 0.15) is 38.5 Å². The first-order valence-electron chi connectivity index (χ1n) is 6.45. The standard InChI is InChI=1S/C12H22N2O2/c15-8-7-14(11-4-1-5-11)12(16)9-10-3-2-6-13-10/h10-11,13,15H,1-9H2. The Morgan fingerprint density at radius 1 is 1.31 bits per heavy atom. The highest BCUT2D eigenvalue weighted by Crippen LogP contribution is 2.25. The van der Waals surface area contributed by atoms with Gasteiger partial charge in [-0.1, -0.05) is 0 Å². The second-order valence-electron chi connectivity index (χ2n) is 4.89. The topological polar surface area (TPSA) is 52.6 Å². The fourth-order valence-corrected chi connectivity index (χ4v) is 2.58. The number of nitrogens with zero attached hydrogens (tertiary/aromatic N) is 1. The first-order chi connectivity index (χ1) is 7.81. The summed E-state index contributed by atoms with van der Waals surface area (Å²) in [5, 5.41) is 12.4. The normalized spacial score (nSPS) is 25.4. The monoisotopic (exact) mass is 226 g/mol. The van der Waals surface area contributed by atoms with Crippen LogP contribution in [-0.2, 0) is 4.79 Å². The largest absolute Gasteiger partial charge is 0.395 e. The molecule has 0 radical (unpaired) electrons. The number of aliphatic hydroxyl groups excluding tert-OH is 1. The number of rotatable bonds is 5. The van der Waals surface area contributed by atoms with Crippen LogP contribution in [0.15, 0.2) is 0 Å². The summed E-state index contributed by atoms with van der Waals surface area (Å²) in [5.74, 6) is 0.221. The van der Waals surface area contributed by atoms with Crippen LogP contribution >= 0.6 is 0 Å². The van der Waals surface area contributed by atoms with Crippen molar-refractivity contribution in [1.29, 1.82) is 0 Å². The van der Waals surface area contributed by atoms with E-state index in [2.05, 4.69) is 5.32 Å². The van der Waals surface area contributed by atoms with E-state index in [1.807, 2.05) is 4.90 Å². The van der Waals surface area contributed by atoms with Crippen molar-refractivity contribution in [3.8, 4) is 0 Å². The van der Waals surface area contributed by atoms with Gasteiger partial charge in [0, 0.05) is 25.0 Å². The van der Waals surface area contributed by atoms with Crippen molar-refractivity contribution in [3.05, 3.63) is 0 Å². The Bertz CT molecular complexity index is 235. The summed E-state index contributed by atoms with van der Waals surface area (Å²) >= 11 is 0. The molecule has 0 spiro atoms. The van der Waals surface area contributed by atoms with Crippen LogP contribution in [-0.4, -0.2) is 47.7 Å². The average Bonchev–Trinajstić information content (AvgIpc) is 2.67. The molecule has 1 aliphatic heterocycles. The molecule has 0 aromatic heterocycles. The van der Waals surface area contributed by atoms with Gasteiger partial charge in [-0.25, -0.2) is 0 Å². The van der Waals surface area contributed by atoms with Crippen molar-refractivity contribution in [2.24, 2.45) is 0 Å². The summed E-state index contributed by atoms with van der Waals surface area (Å²) in [7, 11) is 0. The molecule has 1 heterocycles. The quantitative estimate of drug-likeness (QED) is 0.718. The smallest absolute Gasteiger partial charge is 0.224 e. The number of amides is 1. The van der Waals surface area contributed by atoms with Gasteiger partial charge >= 0.3 is 0 Å². The van der Waals surface area contributed by atoms with Crippen molar-refractivity contribution < 1.29 is 9.90 Å². The Morgan fingerprint density at radius 3 is 2.62 bits per heavy atom. The van der Waals surface area contributed by atoms with E-state index in [0.29, 0.717) is 25.0 Å². The molecule has 2 rings (SSSR count). The summed E-state index contributed by atoms with van der Waals surface area (Å²) < 4.78 is 0. The number of hydrogen-bond acceptors (Lipinski definition) is 3. The molecule has 2 fully saturated rings. The van der Waals surface area contributed by atoms with Gasteiger partial charge in [-0.2, -0.15) is 0 Å². The molecule has 1 atom stereocenters. The van der Waals surface area contributed by atoms with Crippen LogP contribution in [0, 0.1) is 0 Å². The highest BCUT2D eigenvalue weighted by atomic mass is 16.3. The Morgan fingerprint density at radius 2 is 2.12 bits per heavy atom. The Balaban J connectivity index is 1.82. The molecule has 0 aromatic carbocycles. The number of carbonyl (C=O) groups is 1. The van der Waals surface area contributed by atoms with Crippen molar-refractivity contribution in [3.63, 3.8) is 0 Å². The number of hydrogen-bond donors (Lipinski definition) is 2. The highest BCUT2D eigenvalue weighted by Gasteiger charge is 2.29. The van der Waals surface area contributed by atoms with Crippen molar-refractivity contribution in [1.82, 2.24) is 10.2 Å². The minimum Gasteiger partial charge on any atom is -0.395 e. The lowest BCUT2D eigenvalue weighted by molar-refractivity contribution is -0.136. The van der Waals surface area contributed by atoms with E-state index in [4.69, 9.17) is 5.11 Å². The Labute approximate surface area is 97.0 Å². The third-order valence-electron chi connectivity index (χ3n) is 3.76. The lowest BCUT2D eigenvalue weighted by atomic mass is 9.91. The number of nitrogens with one attached hydrogen (secondary N) is 1. The molecule has 4 nitrogen and oxygen atoms in total. The zero-order valence-corrected chi connectivity index (χ0v) is 9.82. The second-order valence-corrected chi connectivity index (χ2v) is 4.89. The van der Waals surface area contributed by atoms with E-state index in [0.717, 1.165) is 25.8 Å². The third kappa shape index (κ3) is 2.74. The zero-order chi connectivity index (χ0) is 11.4. The van der Waals surface area contributed by atoms with Gasteiger partial charge in [0.15, 0.2) is 0 Å². The van der Waals surface area contributed by atoms with Gasteiger partial charge in [0.25, 0.3) is 0 Å². The molecule has 0 aromatic rings. The first kappa shape index (κ1) is 11.9. The molecule has 1 saturated heterocycles. The fraction of sp³-hybridized carbons (Fsp3) is 0.917. The predicted molar refractivity (Wildman–Crippen MR) is 62.1 cm³/mol. The number of carbonyl (C=O) groups excluding carboxylic acids is 1. The van der Waals surface area contributed by atoms with Gasteiger partial charge < -0.3 is 15.3 Å². The Hall–Kier alpha value is -0.610. The second kappa shape index (κ2) is 5.64. The van der Waals surface area contributed by atoms with Crippen LogP contribution in [0.2, 0.25) is 0 Å². The molecule has 1 saturated carbocycles. The van der Waals surface area contributed by atoms with Crippen LogP contribution in [0.3, 0.4) is 0 Å². The van der Waals surface area contributed by atoms with E-state index in [1.165, 1.54) is 12.8 Å². The van der Waals surface area contributed by atoms with Crippen LogP contribution in [0.5, 0.6) is 0 Å². The van der Waals surface area contributed by atoms with Gasteiger partial charge in [0.1, 0.15) is 0 Å². The van der Waals surface area contributed by atoms with Crippen molar-refractivity contribution >= 4 is 5.91 Å². The molecule has 0 bridgehead atoms. The minimum atomic E-state index is 0.0837. The van der Waals surface area contributed by atoms with Crippen molar-refractivity contribution in [2.75, 3.05) is 19.7 Å². The average molecular weight is 226 g/mol. The maximum Gasteiger partial charge on any atom is 0.224 e. The van der Waals surface area contributed by atoms with Crippen LogP contribution in [0.25, 0.3) is 0 Å². The summed E-state index contributed by atoms with van der Waals surface area (Å²) in [4.78, 5) is 14.0. The summed E-state index contributed by atoms with van der Waals surface area (Å²) in [5.41, 5.74) is 0. The maximum absolute atomic E-state index is 12.1. The summed E-state index contributed by atoms with van der Waals surface area (Å²) in [6.45, 7) is 1.64. The van der Waals surface area contributed by atoms with E-state index in [-0.39, 0.29) is 12.5 Å². The van der Waals surface area contributed by atoms with Crippen LogP contribution < -0.4 is 5.32 Å². The molecule has 16 heavy (non-hydrogen) atoms. The molecular weight excluding hydrogens is 204 g/mol. The first-order valence-corrected chi connectivity index (χ1v) is 6.45. The molecule has 2 aliphatic rings. The molecule has 1 amide bonds. The minimum absolute atomic E-state index is 0.0837. The van der Waals surface area contributed by atoms with Crippen molar-refractivity contribution in [2.45, 2.75) is 50.6 Å². The van der Waals surface area contributed by atoms with E-state index in [9.17, 15) is 4.79 Å². The molecule has 2 N–H and O–H groups in total. The molecule has 1 unspecified atom stereocenters. The predicted octanol–water partition coefficient (Wildman–Crippen LogP) is 0.502. The zero-order valence-electron chi connectivity index (χ0n) is 9.82. The van der Waals surface area contributed by atoms with Gasteiger partial charge in [-0.05, 0) is 38.6 Å². The van der Waals surface area contributed by atoms with Gasteiger partial charge in [-0.3, -0.25) is 4.79 Å².